The molecule has 74 valence electrons. The predicted octanol–water partition coefficient (Wildman–Crippen LogP) is 1.12. The van der Waals surface area contributed by atoms with Gasteiger partial charge in [-0.1, -0.05) is 25.7 Å². The van der Waals surface area contributed by atoms with E-state index in [0.29, 0.717) is 19.0 Å². The SMILES string of the molecule is C#CCNC1(CN)CCCC1CC. The quantitative estimate of drug-likeness (QED) is 0.636. The molecule has 0 heterocycles. The molecule has 0 amide bonds. The highest BCUT2D eigenvalue weighted by molar-refractivity contribution is 5.02. The van der Waals surface area contributed by atoms with E-state index < -0.39 is 0 Å². The molecule has 1 saturated carbocycles. The average Bonchev–Trinajstić information content (AvgIpc) is 2.58. The van der Waals surface area contributed by atoms with Crippen molar-refractivity contribution in [3.63, 3.8) is 0 Å². The highest BCUT2D eigenvalue weighted by Gasteiger charge is 2.39. The summed E-state index contributed by atoms with van der Waals surface area (Å²) in [6, 6.07) is 0. The first kappa shape index (κ1) is 10.6. The molecular weight excluding hydrogens is 160 g/mol. The first-order valence-electron chi connectivity index (χ1n) is 5.17. The van der Waals surface area contributed by atoms with Crippen molar-refractivity contribution in [2.75, 3.05) is 13.1 Å². The average molecular weight is 180 g/mol. The zero-order valence-electron chi connectivity index (χ0n) is 8.47. The number of hydrogen-bond acceptors (Lipinski definition) is 2. The molecule has 0 aromatic rings. The number of nitrogens with one attached hydrogen (secondary N) is 1. The Morgan fingerprint density at radius 3 is 3.00 bits per heavy atom. The summed E-state index contributed by atoms with van der Waals surface area (Å²) in [4.78, 5) is 0. The maximum atomic E-state index is 5.84. The molecule has 1 aliphatic carbocycles. The van der Waals surface area contributed by atoms with E-state index in [9.17, 15) is 0 Å². The summed E-state index contributed by atoms with van der Waals surface area (Å²) < 4.78 is 0. The van der Waals surface area contributed by atoms with Crippen LogP contribution in [-0.2, 0) is 0 Å². The molecule has 1 rings (SSSR count). The summed E-state index contributed by atoms with van der Waals surface area (Å²) >= 11 is 0. The van der Waals surface area contributed by atoms with E-state index >= 15 is 0 Å². The van der Waals surface area contributed by atoms with Crippen LogP contribution in [0.5, 0.6) is 0 Å². The van der Waals surface area contributed by atoms with Crippen LogP contribution in [-0.4, -0.2) is 18.6 Å². The van der Waals surface area contributed by atoms with Crippen LogP contribution >= 0.6 is 0 Å². The number of terminal acetylenes is 1. The van der Waals surface area contributed by atoms with Crippen molar-refractivity contribution in [1.82, 2.24) is 5.32 Å². The summed E-state index contributed by atoms with van der Waals surface area (Å²) in [5.74, 6) is 3.35. The molecule has 2 nitrogen and oxygen atoms in total. The van der Waals surface area contributed by atoms with E-state index in [1.54, 1.807) is 0 Å². The van der Waals surface area contributed by atoms with Crippen LogP contribution in [0.25, 0.3) is 0 Å². The largest absolute Gasteiger partial charge is 0.329 e. The monoisotopic (exact) mass is 180 g/mol. The third-order valence-corrected chi connectivity index (χ3v) is 3.36. The van der Waals surface area contributed by atoms with Crippen molar-refractivity contribution < 1.29 is 0 Å². The molecule has 0 spiro atoms. The van der Waals surface area contributed by atoms with Gasteiger partial charge in [0.2, 0.25) is 0 Å². The van der Waals surface area contributed by atoms with E-state index in [4.69, 9.17) is 12.2 Å². The molecule has 3 N–H and O–H groups in total. The molecule has 13 heavy (non-hydrogen) atoms. The van der Waals surface area contributed by atoms with Crippen molar-refractivity contribution in [2.45, 2.75) is 38.1 Å². The second-order valence-corrected chi connectivity index (χ2v) is 3.92. The van der Waals surface area contributed by atoms with Crippen LogP contribution in [0.1, 0.15) is 32.6 Å². The minimum absolute atomic E-state index is 0.140. The summed E-state index contributed by atoms with van der Waals surface area (Å²) in [5, 5.41) is 3.43. The van der Waals surface area contributed by atoms with Gasteiger partial charge in [0.1, 0.15) is 0 Å². The fourth-order valence-corrected chi connectivity index (χ4v) is 2.54. The van der Waals surface area contributed by atoms with Crippen molar-refractivity contribution in [1.29, 1.82) is 0 Å². The van der Waals surface area contributed by atoms with E-state index in [-0.39, 0.29) is 5.54 Å². The normalized spacial score (nSPS) is 33.2. The summed E-state index contributed by atoms with van der Waals surface area (Å²) in [5.41, 5.74) is 5.98. The Balaban J connectivity index is 2.61. The van der Waals surface area contributed by atoms with Gasteiger partial charge in [0.25, 0.3) is 0 Å². The molecule has 0 aromatic heterocycles. The van der Waals surface area contributed by atoms with E-state index in [1.807, 2.05) is 0 Å². The Morgan fingerprint density at radius 2 is 2.46 bits per heavy atom. The van der Waals surface area contributed by atoms with E-state index in [2.05, 4.69) is 18.2 Å². The van der Waals surface area contributed by atoms with Crippen molar-refractivity contribution in [3.8, 4) is 12.3 Å². The second kappa shape index (κ2) is 4.64. The van der Waals surface area contributed by atoms with Crippen LogP contribution in [0.2, 0.25) is 0 Å². The molecule has 2 atom stereocenters. The smallest absolute Gasteiger partial charge is 0.0578 e. The Kier molecular flexibility index (Phi) is 3.77. The minimum atomic E-state index is 0.140. The Bertz CT molecular complexity index is 195. The molecule has 0 radical (unpaired) electrons. The minimum Gasteiger partial charge on any atom is -0.329 e. The van der Waals surface area contributed by atoms with Crippen LogP contribution in [0.15, 0.2) is 0 Å². The van der Waals surface area contributed by atoms with Crippen LogP contribution in [0.4, 0.5) is 0 Å². The lowest BCUT2D eigenvalue weighted by atomic mass is 9.85. The van der Waals surface area contributed by atoms with Gasteiger partial charge >= 0.3 is 0 Å². The highest BCUT2D eigenvalue weighted by atomic mass is 15.0. The maximum absolute atomic E-state index is 5.84. The Labute approximate surface area is 81.3 Å². The standard InChI is InChI=1S/C11H20N2/c1-3-8-13-11(9-12)7-5-6-10(11)4-2/h1,10,13H,4-9,12H2,2H3. The van der Waals surface area contributed by atoms with Gasteiger partial charge in [-0.2, -0.15) is 0 Å². The lowest BCUT2D eigenvalue weighted by molar-refractivity contribution is 0.255. The van der Waals surface area contributed by atoms with Gasteiger partial charge < -0.3 is 5.73 Å². The first-order chi connectivity index (χ1) is 6.29. The van der Waals surface area contributed by atoms with Gasteiger partial charge in [0.15, 0.2) is 0 Å². The predicted molar refractivity (Wildman–Crippen MR) is 56.3 cm³/mol. The zero-order valence-corrected chi connectivity index (χ0v) is 8.47. The molecule has 2 unspecified atom stereocenters. The number of hydrogen-bond donors (Lipinski definition) is 2. The van der Waals surface area contributed by atoms with Gasteiger partial charge in [0, 0.05) is 12.1 Å². The molecule has 1 aliphatic rings. The van der Waals surface area contributed by atoms with Gasteiger partial charge in [-0.25, -0.2) is 0 Å². The van der Waals surface area contributed by atoms with Gasteiger partial charge in [0.05, 0.1) is 6.54 Å². The van der Waals surface area contributed by atoms with Gasteiger partial charge in [-0.15, -0.1) is 6.42 Å². The zero-order chi connectivity index (χ0) is 9.73. The molecule has 0 bridgehead atoms. The molecule has 0 aromatic carbocycles. The third-order valence-electron chi connectivity index (χ3n) is 3.36. The fourth-order valence-electron chi connectivity index (χ4n) is 2.54. The van der Waals surface area contributed by atoms with Crippen molar-refractivity contribution in [2.24, 2.45) is 11.7 Å². The fraction of sp³-hybridized carbons (Fsp3) is 0.818. The van der Waals surface area contributed by atoms with E-state index in [1.165, 1.54) is 25.7 Å². The molecule has 2 heteroatoms. The Morgan fingerprint density at radius 1 is 1.69 bits per heavy atom. The van der Waals surface area contributed by atoms with Crippen LogP contribution in [0, 0.1) is 18.3 Å². The van der Waals surface area contributed by atoms with E-state index in [0.717, 1.165) is 0 Å². The highest BCUT2D eigenvalue weighted by Crippen LogP contribution is 2.36. The number of rotatable bonds is 4. The topological polar surface area (TPSA) is 38.0 Å². The lowest BCUT2D eigenvalue weighted by Gasteiger charge is -2.34. The molecule has 0 saturated heterocycles. The van der Waals surface area contributed by atoms with Crippen LogP contribution < -0.4 is 11.1 Å². The second-order valence-electron chi connectivity index (χ2n) is 3.92. The molecule has 1 fully saturated rings. The summed E-state index contributed by atoms with van der Waals surface area (Å²) in [6.07, 6.45) is 10.2. The van der Waals surface area contributed by atoms with Crippen molar-refractivity contribution >= 4 is 0 Å². The summed E-state index contributed by atoms with van der Waals surface area (Å²) in [7, 11) is 0. The van der Waals surface area contributed by atoms with Crippen LogP contribution in [0.3, 0.4) is 0 Å². The van der Waals surface area contributed by atoms with Gasteiger partial charge in [-0.05, 0) is 18.8 Å². The molecule has 0 aliphatic heterocycles. The maximum Gasteiger partial charge on any atom is 0.0578 e. The van der Waals surface area contributed by atoms with Gasteiger partial charge in [-0.3, -0.25) is 5.32 Å². The Hall–Kier alpha value is -0.520. The first-order valence-corrected chi connectivity index (χ1v) is 5.17. The third kappa shape index (κ3) is 2.04. The van der Waals surface area contributed by atoms with Crippen molar-refractivity contribution in [3.05, 3.63) is 0 Å². The molecular formula is C11H20N2. The number of nitrogens with two attached hydrogens (primary N) is 1. The lowest BCUT2D eigenvalue weighted by Crippen LogP contribution is -2.53. The summed E-state index contributed by atoms with van der Waals surface area (Å²) in [6.45, 7) is 3.60.